The van der Waals surface area contributed by atoms with Gasteiger partial charge in [0.25, 0.3) is 0 Å². The molecule has 112 valence electrons. The fourth-order valence-corrected chi connectivity index (χ4v) is 2.75. The van der Waals surface area contributed by atoms with Crippen LogP contribution in [0.15, 0.2) is 18.3 Å². The van der Waals surface area contributed by atoms with Crippen LogP contribution in [0.25, 0.3) is 0 Å². The second kappa shape index (κ2) is 6.43. The van der Waals surface area contributed by atoms with Crippen LogP contribution in [0.1, 0.15) is 31.2 Å². The second-order valence-electron chi connectivity index (χ2n) is 5.09. The van der Waals surface area contributed by atoms with E-state index in [9.17, 15) is 13.2 Å². The molecule has 1 heterocycles. The lowest BCUT2D eigenvalue weighted by Crippen LogP contribution is -2.45. The van der Waals surface area contributed by atoms with Crippen molar-refractivity contribution < 1.29 is 17.9 Å². The van der Waals surface area contributed by atoms with Crippen molar-refractivity contribution >= 4 is 0 Å². The van der Waals surface area contributed by atoms with Gasteiger partial charge in [0.05, 0.1) is 13.0 Å². The summed E-state index contributed by atoms with van der Waals surface area (Å²) in [6, 6.07) is 3.04. The first kappa shape index (κ1) is 15.1. The summed E-state index contributed by atoms with van der Waals surface area (Å²) in [7, 11) is 1.50. The Morgan fingerprint density at radius 2 is 2.10 bits per heavy atom. The molecule has 2 atom stereocenters. The summed E-state index contributed by atoms with van der Waals surface area (Å²) in [6.07, 6.45) is -0.260. The lowest BCUT2D eigenvalue weighted by Gasteiger charge is -2.33. The Kier molecular flexibility index (Phi) is 4.86. The molecule has 1 aromatic rings. The molecular weight excluding hydrogens is 269 g/mol. The summed E-state index contributed by atoms with van der Waals surface area (Å²) in [5, 5.41) is 3.03. The molecule has 0 aromatic carbocycles. The lowest BCUT2D eigenvalue weighted by atomic mass is 9.84. The van der Waals surface area contributed by atoms with E-state index >= 15 is 0 Å². The Bertz CT molecular complexity index is 437. The van der Waals surface area contributed by atoms with Gasteiger partial charge in [-0.3, -0.25) is 0 Å². The maximum Gasteiger partial charge on any atom is 0.393 e. The average Bonchev–Trinajstić information content (AvgIpc) is 2.44. The van der Waals surface area contributed by atoms with E-state index in [1.807, 2.05) is 6.07 Å². The zero-order valence-electron chi connectivity index (χ0n) is 11.4. The van der Waals surface area contributed by atoms with Crippen LogP contribution in [0.4, 0.5) is 13.2 Å². The Balaban J connectivity index is 2.01. The molecule has 20 heavy (non-hydrogen) atoms. The van der Waals surface area contributed by atoms with E-state index in [0.29, 0.717) is 25.3 Å². The maximum atomic E-state index is 13.0. The van der Waals surface area contributed by atoms with Crippen LogP contribution < -0.4 is 10.1 Å². The van der Waals surface area contributed by atoms with Crippen LogP contribution in [0.3, 0.4) is 0 Å². The number of alkyl halides is 3. The van der Waals surface area contributed by atoms with Crippen LogP contribution in [0.2, 0.25) is 0 Å². The Hall–Kier alpha value is -1.30. The number of hydrogen-bond donors (Lipinski definition) is 1. The molecule has 1 saturated carbocycles. The molecule has 2 rings (SSSR count). The Morgan fingerprint density at radius 1 is 1.35 bits per heavy atom. The van der Waals surface area contributed by atoms with Gasteiger partial charge in [0, 0.05) is 24.3 Å². The first-order chi connectivity index (χ1) is 9.52. The predicted molar refractivity (Wildman–Crippen MR) is 69.4 cm³/mol. The number of methoxy groups -OCH3 is 1. The van der Waals surface area contributed by atoms with Gasteiger partial charge in [0.15, 0.2) is 0 Å². The third-order valence-corrected chi connectivity index (χ3v) is 3.78. The van der Waals surface area contributed by atoms with Crippen LogP contribution >= 0.6 is 0 Å². The van der Waals surface area contributed by atoms with Crippen molar-refractivity contribution in [3.05, 3.63) is 23.9 Å². The van der Waals surface area contributed by atoms with E-state index < -0.39 is 18.1 Å². The van der Waals surface area contributed by atoms with Gasteiger partial charge in [-0.05, 0) is 18.9 Å². The average molecular weight is 288 g/mol. The number of nitrogens with zero attached hydrogens (tertiary/aromatic N) is 1. The van der Waals surface area contributed by atoms with E-state index in [4.69, 9.17) is 4.74 Å². The second-order valence-corrected chi connectivity index (χ2v) is 5.09. The standard InChI is InChI=1S/C14H19F3N2O/c1-20-13-10(5-4-8-18-13)9-19-12-7-3-2-6-11(12)14(15,16)17/h4-5,8,11-12,19H,2-3,6-7,9H2,1H3. The zero-order chi connectivity index (χ0) is 14.6. The van der Waals surface area contributed by atoms with E-state index in [1.165, 1.54) is 7.11 Å². The van der Waals surface area contributed by atoms with Crippen LogP contribution in [-0.4, -0.2) is 24.3 Å². The highest BCUT2D eigenvalue weighted by molar-refractivity contribution is 5.25. The maximum absolute atomic E-state index is 13.0. The quantitative estimate of drug-likeness (QED) is 0.923. The van der Waals surface area contributed by atoms with E-state index in [0.717, 1.165) is 12.0 Å². The molecule has 1 N–H and O–H groups in total. The van der Waals surface area contributed by atoms with Crippen LogP contribution in [0, 0.1) is 5.92 Å². The number of halogens is 3. The minimum Gasteiger partial charge on any atom is -0.481 e. The molecule has 0 radical (unpaired) electrons. The zero-order valence-corrected chi connectivity index (χ0v) is 11.4. The minimum absolute atomic E-state index is 0.214. The van der Waals surface area contributed by atoms with Crippen molar-refractivity contribution in [2.75, 3.05) is 7.11 Å². The first-order valence-corrected chi connectivity index (χ1v) is 6.80. The van der Waals surface area contributed by atoms with Gasteiger partial charge in [-0.1, -0.05) is 18.9 Å². The summed E-state index contributed by atoms with van der Waals surface area (Å²) in [4.78, 5) is 4.04. The summed E-state index contributed by atoms with van der Waals surface area (Å²) in [6.45, 7) is 0.342. The summed E-state index contributed by atoms with van der Waals surface area (Å²) in [5.74, 6) is -0.793. The van der Waals surface area contributed by atoms with Crippen molar-refractivity contribution in [3.63, 3.8) is 0 Å². The molecule has 1 fully saturated rings. The molecule has 0 aliphatic heterocycles. The third kappa shape index (κ3) is 3.62. The molecule has 1 aliphatic rings. The van der Waals surface area contributed by atoms with Crippen LogP contribution in [-0.2, 0) is 6.54 Å². The normalized spacial score (nSPS) is 23.6. The molecule has 0 saturated heterocycles. The SMILES string of the molecule is COc1ncccc1CNC1CCCCC1C(F)(F)F. The summed E-state index contributed by atoms with van der Waals surface area (Å²) < 4.78 is 44.1. The molecule has 2 unspecified atom stereocenters. The van der Waals surface area contributed by atoms with Crippen molar-refractivity contribution in [1.82, 2.24) is 10.3 Å². The van der Waals surface area contributed by atoms with Gasteiger partial charge in [-0.15, -0.1) is 0 Å². The van der Waals surface area contributed by atoms with Gasteiger partial charge in [-0.25, -0.2) is 4.98 Å². The number of pyridine rings is 1. The van der Waals surface area contributed by atoms with Crippen molar-refractivity contribution in [2.45, 2.75) is 44.4 Å². The van der Waals surface area contributed by atoms with Gasteiger partial charge < -0.3 is 10.1 Å². The van der Waals surface area contributed by atoms with E-state index in [-0.39, 0.29) is 6.42 Å². The fourth-order valence-electron chi connectivity index (χ4n) is 2.75. The number of ether oxygens (including phenoxy) is 1. The van der Waals surface area contributed by atoms with Gasteiger partial charge in [0.2, 0.25) is 5.88 Å². The van der Waals surface area contributed by atoms with E-state index in [2.05, 4.69) is 10.3 Å². The molecule has 3 nitrogen and oxygen atoms in total. The van der Waals surface area contributed by atoms with Gasteiger partial charge >= 0.3 is 6.18 Å². The molecule has 0 amide bonds. The Morgan fingerprint density at radius 3 is 2.80 bits per heavy atom. The molecule has 6 heteroatoms. The highest BCUT2D eigenvalue weighted by atomic mass is 19.4. The lowest BCUT2D eigenvalue weighted by molar-refractivity contribution is -0.189. The molecule has 0 spiro atoms. The smallest absolute Gasteiger partial charge is 0.393 e. The number of hydrogen-bond acceptors (Lipinski definition) is 3. The number of nitrogens with one attached hydrogen (secondary N) is 1. The summed E-state index contributed by atoms with van der Waals surface area (Å²) >= 11 is 0. The van der Waals surface area contributed by atoms with Crippen LogP contribution in [0.5, 0.6) is 5.88 Å². The highest BCUT2D eigenvalue weighted by Crippen LogP contribution is 2.37. The van der Waals surface area contributed by atoms with Gasteiger partial charge in [-0.2, -0.15) is 13.2 Å². The van der Waals surface area contributed by atoms with Crippen molar-refractivity contribution in [3.8, 4) is 5.88 Å². The Labute approximate surface area is 116 Å². The largest absolute Gasteiger partial charge is 0.481 e. The van der Waals surface area contributed by atoms with Gasteiger partial charge in [0.1, 0.15) is 0 Å². The topological polar surface area (TPSA) is 34.1 Å². The highest BCUT2D eigenvalue weighted by Gasteiger charge is 2.45. The molecule has 0 bridgehead atoms. The van der Waals surface area contributed by atoms with Crippen molar-refractivity contribution in [1.29, 1.82) is 0 Å². The summed E-state index contributed by atoms with van der Waals surface area (Å²) in [5.41, 5.74) is 0.779. The van der Waals surface area contributed by atoms with E-state index in [1.54, 1.807) is 12.3 Å². The first-order valence-electron chi connectivity index (χ1n) is 6.80. The molecular formula is C14H19F3N2O. The third-order valence-electron chi connectivity index (χ3n) is 3.78. The predicted octanol–water partition coefficient (Wildman–Crippen LogP) is 3.30. The monoisotopic (exact) mass is 288 g/mol. The number of rotatable bonds is 4. The fraction of sp³-hybridized carbons (Fsp3) is 0.643. The number of aromatic nitrogens is 1. The van der Waals surface area contributed by atoms with Crippen molar-refractivity contribution in [2.24, 2.45) is 5.92 Å². The molecule has 1 aliphatic carbocycles. The molecule has 1 aromatic heterocycles. The minimum atomic E-state index is -4.13.